The van der Waals surface area contributed by atoms with Gasteiger partial charge in [-0.05, 0) is 42.7 Å². The molecular formula is C15H16N2O3. The van der Waals surface area contributed by atoms with Crippen molar-refractivity contribution in [1.29, 1.82) is 0 Å². The second kappa shape index (κ2) is 6.68. The normalized spacial score (nSPS) is 10.2. The molecule has 20 heavy (non-hydrogen) atoms. The highest BCUT2D eigenvalue weighted by Crippen LogP contribution is 2.17. The number of aryl methyl sites for hydroxylation is 1. The number of hydrogen-bond acceptors (Lipinski definition) is 4. The first kappa shape index (κ1) is 14.0. The molecule has 2 rings (SSSR count). The van der Waals surface area contributed by atoms with Gasteiger partial charge in [-0.3, -0.25) is 4.79 Å². The molecule has 0 saturated carbocycles. The minimum absolute atomic E-state index is 0.00624. The van der Waals surface area contributed by atoms with Gasteiger partial charge in [0, 0.05) is 18.5 Å². The van der Waals surface area contributed by atoms with Gasteiger partial charge in [-0.25, -0.2) is 4.98 Å². The summed E-state index contributed by atoms with van der Waals surface area (Å²) in [5.74, 6) is -0.608. The number of aromatic hydroxyl groups is 1. The number of carbonyl (C=O) groups is 1. The molecule has 0 aliphatic rings. The van der Waals surface area contributed by atoms with Crippen molar-refractivity contribution < 1.29 is 15.0 Å². The quantitative estimate of drug-likeness (QED) is 0.777. The number of amides is 1. The van der Waals surface area contributed by atoms with Crippen molar-refractivity contribution >= 4 is 11.6 Å². The Balaban J connectivity index is 2.10. The summed E-state index contributed by atoms with van der Waals surface area (Å²) < 4.78 is 0. The molecule has 0 aliphatic carbocycles. The van der Waals surface area contributed by atoms with Gasteiger partial charge in [0.25, 0.3) is 5.91 Å². The number of benzene rings is 1. The molecule has 0 unspecified atom stereocenters. The maximum atomic E-state index is 12.0. The first-order valence-corrected chi connectivity index (χ1v) is 6.36. The minimum Gasteiger partial charge on any atom is -0.505 e. The molecule has 1 aromatic carbocycles. The smallest absolute Gasteiger partial charge is 0.278 e. The van der Waals surface area contributed by atoms with Gasteiger partial charge in [0.2, 0.25) is 0 Å². The number of aromatic nitrogens is 1. The number of nitrogens with one attached hydrogen (secondary N) is 1. The van der Waals surface area contributed by atoms with E-state index in [2.05, 4.69) is 10.3 Å². The molecule has 0 fully saturated rings. The molecule has 1 heterocycles. The number of aliphatic hydroxyl groups excluding tert-OH is 1. The first-order chi connectivity index (χ1) is 9.70. The highest BCUT2D eigenvalue weighted by Gasteiger charge is 2.12. The van der Waals surface area contributed by atoms with Crippen LogP contribution in [-0.2, 0) is 6.42 Å². The lowest BCUT2D eigenvalue weighted by molar-refractivity contribution is 0.101. The fraction of sp³-hybridized carbons (Fsp3) is 0.200. The minimum atomic E-state index is -0.456. The largest absolute Gasteiger partial charge is 0.505 e. The number of rotatable bonds is 5. The molecule has 5 heteroatoms. The number of carbonyl (C=O) groups excluding carboxylic acids is 1. The van der Waals surface area contributed by atoms with Crippen molar-refractivity contribution in [3.8, 4) is 5.75 Å². The van der Waals surface area contributed by atoms with Gasteiger partial charge in [0.15, 0.2) is 5.69 Å². The molecule has 0 spiro atoms. The summed E-state index contributed by atoms with van der Waals surface area (Å²) in [6.45, 7) is 0.137. The summed E-state index contributed by atoms with van der Waals surface area (Å²) in [7, 11) is 0. The average Bonchev–Trinajstić information content (AvgIpc) is 2.46. The van der Waals surface area contributed by atoms with Crippen LogP contribution in [0.1, 0.15) is 22.5 Å². The van der Waals surface area contributed by atoms with Gasteiger partial charge in [-0.2, -0.15) is 0 Å². The van der Waals surface area contributed by atoms with E-state index in [9.17, 15) is 9.90 Å². The van der Waals surface area contributed by atoms with Gasteiger partial charge in [0.05, 0.1) is 0 Å². The van der Waals surface area contributed by atoms with Crippen molar-refractivity contribution in [3.63, 3.8) is 0 Å². The van der Waals surface area contributed by atoms with Gasteiger partial charge in [-0.15, -0.1) is 0 Å². The van der Waals surface area contributed by atoms with Crippen LogP contribution >= 0.6 is 0 Å². The standard InChI is InChI=1S/C15H16N2O3/c18-9-3-5-11-4-1-6-12(10-11)17-15(20)14-13(19)7-2-8-16-14/h1-2,4,6-8,10,18-19H,3,5,9H2,(H,17,20). The molecular weight excluding hydrogens is 256 g/mol. The lowest BCUT2D eigenvalue weighted by Gasteiger charge is -2.07. The van der Waals surface area contributed by atoms with Crippen LogP contribution in [0.15, 0.2) is 42.6 Å². The van der Waals surface area contributed by atoms with Crippen LogP contribution in [0.3, 0.4) is 0 Å². The van der Waals surface area contributed by atoms with Crippen LogP contribution in [0.25, 0.3) is 0 Å². The summed E-state index contributed by atoms with van der Waals surface area (Å²) in [5, 5.41) is 21.1. The summed E-state index contributed by atoms with van der Waals surface area (Å²) in [6, 6.07) is 10.3. The number of aliphatic hydroxyl groups is 1. The van der Waals surface area contributed by atoms with Crippen molar-refractivity contribution in [2.75, 3.05) is 11.9 Å². The van der Waals surface area contributed by atoms with E-state index in [1.54, 1.807) is 12.1 Å². The SMILES string of the molecule is O=C(Nc1cccc(CCCO)c1)c1ncccc1O. The molecule has 104 valence electrons. The summed E-state index contributed by atoms with van der Waals surface area (Å²) >= 11 is 0. The second-order valence-electron chi connectivity index (χ2n) is 4.35. The van der Waals surface area contributed by atoms with E-state index in [-0.39, 0.29) is 18.1 Å². The third kappa shape index (κ3) is 3.55. The zero-order chi connectivity index (χ0) is 14.4. The van der Waals surface area contributed by atoms with E-state index in [1.165, 1.54) is 12.3 Å². The monoisotopic (exact) mass is 272 g/mol. The Morgan fingerprint density at radius 3 is 2.85 bits per heavy atom. The molecule has 0 saturated heterocycles. The van der Waals surface area contributed by atoms with Crippen LogP contribution in [-0.4, -0.2) is 27.7 Å². The third-order valence-electron chi connectivity index (χ3n) is 2.81. The van der Waals surface area contributed by atoms with Crippen LogP contribution in [0.2, 0.25) is 0 Å². The maximum absolute atomic E-state index is 12.0. The van der Waals surface area contributed by atoms with E-state index in [1.807, 2.05) is 18.2 Å². The van der Waals surface area contributed by atoms with Crippen LogP contribution in [0.5, 0.6) is 5.75 Å². The van der Waals surface area contributed by atoms with Crippen LogP contribution in [0.4, 0.5) is 5.69 Å². The molecule has 1 amide bonds. The van der Waals surface area contributed by atoms with E-state index in [4.69, 9.17) is 5.11 Å². The first-order valence-electron chi connectivity index (χ1n) is 6.36. The summed E-state index contributed by atoms with van der Waals surface area (Å²) in [4.78, 5) is 15.8. The predicted molar refractivity (Wildman–Crippen MR) is 75.7 cm³/mol. The van der Waals surface area contributed by atoms with Crippen molar-refractivity contribution in [1.82, 2.24) is 4.98 Å². The van der Waals surface area contributed by atoms with Gasteiger partial charge >= 0.3 is 0 Å². The van der Waals surface area contributed by atoms with E-state index >= 15 is 0 Å². The Kier molecular flexibility index (Phi) is 4.68. The number of anilines is 1. The Hall–Kier alpha value is -2.40. The summed E-state index contributed by atoms with van der Waals surface area (Å²) in [5.41, 5.74) is 1.66. The molecule has 2 aromatic rings. The van der Waals surface area contributed by atoms with Crippen molar-refractivity contribution in [2.24, 2.45) is 0 Å². The van der Waals surface area contributed by atoms with Gasteiger partial charge < -0.3 is 15.5 Å². The van der Waals surface area contributed by atoms with Gasteiger partial charge in [-0.1, -0.05) is 12.1 Å². The van der Waals surface area contributed by atoms with Crippen molar-refractivity contribution in [3.05, 3.63) is 53.9 Å². The summed E-state index contributed by atoms with van der Waals surface area (Å²) in [6.07, 6.45) is 2.87. The average molecular weight is 272 g/mol. The Labute approximate surface area is 116 Å². The molecule has 3 N–H and O–H groups in total. The zero-order valence-electron chi connectivity index (χ0n) is 10.9. The van der Waals surface area contributed by atoms with Gasteiger partial charge in [0.1, 0.15) is 5.75 Å². The van der Waals surface area contributed by atoms with Crippen LogP contribution < -0.4 is 5.32 Å². The maximum Gasteiger partial charge on any atom is 0.278 e. The van der Waals surface area contributed by atoms with E-state index in [0.29, 0.717) is 12.1 Å². The van der Waals surface area contributed by atoms with Crippen molar-refractivity contribution in [2.45, 2.75) is 12.8 Å². The molecule has 0 radical (unpaired) electrons. The Morgan fingerprint density at radius 1 is 1.25 bits per heavy atom. The zero-order valence-corrected chi connectivity index (χ0v) is 10.9. The highest BCUT2D eigenvalue weighted by molar-refractivity contribution is 6.04. The Bertz CT molecular complexity index is 599. The molecule has 0 bridgehead atoms. The second-order valence-corrected chi connectivity index (χ2v) is 4.35. The predicted octanol–water partition coefficient (Wildman–Crippen LogP) is 1.96. The topological polar surface area (TPSA) is 82.5 Å². The Morgan fingerprint density at radius 2 is 2.10 bits per heavy atom. The number of nitrogens with zero attached hydrogens (tertiary/aromatic N) is 1. The lowest BCUT2D eigenvalue weighted by atomic mass is 10.1. The van der Waals surface area contributed by atoms with E-state index < -0.39 is 5.91 Å². The number of hydrogen-bond donors (Lipinski definition) is 3. The van der Waals surface area contributed by atoms with Crippen LogP contribution in [0, 0.1) is 0 Å². The molecule has 1 aromatic heterocycles. The molecule has 0 atom stereocenters. The third-order valence-corrected chi connectivity index (χ3v) is 2.81. The number of pyridine rings is 1. The lowest BCUT2D eigenvalue weighted by Crippen LogP contribution is -2.13. The molecule has 5 nitrogen and oxygen atoms in total. The highest BCUT2D eigenvalue weighted by atomic mass is 16.3. The fourth-order valence-electron chi connectivity index (χ4n) is 1.85. The molecule has 0 aliphatic heterocycles. The fourth-order valence-corrected chi connectivity index (χ4v) is 1.85. The van der Waals surface area contributed by atoms with E-state index in [0.717, 1.165) is 12.0 Å².